The number of halogens is 2. The lowest BCUT2D eigenvalue weighted by atomic mass is 9.78. The second kappa shape index (κ2) is 9.19. The van der Waals surface area contributed by atoms with Crippen molar-refractivity contribution in [3.8, 4) is 0 Å². The van der Waals surface area contributed by atoms with Gasteiger partial charge in [-0.05, 0) is 48.9 Å². The van der Waals surface area contributed by atoms with E-state index in [0.29, 0.717) is 12.0 Å². The third-order valence-electron chi connectivity index (χ3n) is 5.28. The number of benzene rings is 1. The van der Waals surface area contributed by atoms with Crippen LogP contribution in [0.2, 0.25) is 0 Å². The molecule has 144 valence electrons. The zero-order valence-electron chi connectivity index (χ0n) is 14.7. The highest BCUT2D eigenvalue weighted by Crippen LogP contribution is 2.36. The Hall–Kier alpha value is -1.86. The molecule has 1 aromatic carbocycles. The molecular weight excluding hydrogens is 359 g/mol. The van der Waals surface area contributed by atoms with Crippen molar-refractivity contribution in [3.05, 3.63) is 35.6 Å². The highest BCUT2D eigenvalue weighted by molar-refractivity contribution is 5.85. The first-order valence-corrected chi connectivity index (χ1v) is 8.81. The van der Waals surface area contributed by atoms with E-state index in [2.05, 4.69) is 16.0 Å². The SMILES string of the molecule is Cl.O=C(NCC(=O)N1CCC2(CCNC2)CC1)NCc1ccc(F)cc1. The molecule has 2 aliphatic heterocycles. The van der Waals surface area contributed by atoms with Gasteiger partial charge in [-0.3, -0.25) is 4.79 Å². The molecule has 3 N–H and O–H groups in total. The number of hydrogen-bond acceptors (Lipinski definition) is 3. The number of nitrogens with one attached hydrogen (secondary N) is 3. The maximum atomic E-state index is 12.8. The van der Waals surface area contributed by atoms with Crippen LogP contribution in [0.15, 0.2) is 24.3 Å². The minimum absolute atomic E-state index is 0. The number of amides is 3. The minimum atomic E-state index is -0.397. The predicted molar refractivity (Wildman–Crippen MR) is 99.6 cm³/mol. The van der Waals surface area contributed by atoms with Gasteiger partial charge in [0.1, 0.15) is 5.82 Å². The lowest BCUT2D eigenvalue weighted by Gasteiger charge is -2.38. The van der Waals surface area contributed by atoms with E-state index in [1.807, 2.05) is 4.90 Å². The van der Waals surface area contributed by atoms with E-state index in [-0.39, 0.29) is 30.7 Å². The Kier molecular flexibility index (Phi) is 7.23. The quantitative estimate of drug-likeness (QED) is 0.739. The Labute approximate surface area is 159 Å². The summed E-state index contributed by atoms with van der Waals surface area (Å²) in [6.45, 7) is 3.95. The molecule has 8 heteroatoms. The summed E-state index contributed by atoms with van der Waals surface area (Å²) in [6, 6.07) is 5.53. The van der Waals surface area contributed by atoms with Crippen molar-refractivity contribution in [3.63, 3.8) is 0 Å². The number of carbonyl (C=O) groups excluding carboxylic acids is 2. The molecule has 3 amide bonds. The van der Waals surface area contributed by atoms with Gasteiger partial charge in [-0.25, -0.2) is 9.18 Å². The van der Waals surface area contributed by atoms with E-state index in [1.54, 1.807) is 12.1 Å². The van der Waals surface area contributed by atoms with Crippen molar-refractivity contribution in [2.45, 2.75) is 25.8 Å². The van der Waals surface area contributed by atoms with Crippen LogP contribution in [0.3, 0.4) is 0 Å². The van der Waals surface area contributed by atoms with Gasteiger partial charge in [-0.1, -0.05) is 12.1 Å². The fourth-order valence-electron chi connectivity index (χ4n) is 3.57. The van der Waals surface area contributed by atoms with Crippen LogP contribution in [0.25, 0.3) is 0 Å². The van der Waals surface area contributed by atoms with Crippen LogP contribution in [0, 0.1) is 11.2 Å². The molecular formula is C18H26ClFN4O2. The summed E-state index contributed by atoms with van der Waals surface area (Å²) in [5.74, 6) is -0.353. The first kappa shape index (κ1) is 20.5. The van der Waals surface area contributed by atoms with Crippen molar-refractivity contribution < 1.29 is 14.0 Å². The van der Waals surface area contributed by atoms with Gasteiger partial charge in [0.25, 0.3) is 0 Å². The number of nitrogens with zero attached hydrogens (tertiary/aromatic N) is 1. The van der Waals surface area contributed by atoms with Crippen LogP contribution >= 0.6 is 12.4 Å². The fraction of sp³-hybridized carbons (Fsp3) is 0.556. The first-order chi connectivity index (χ1) is 12.1. The molecule has 0 radical (unpaired) electrons. The Morgan fingerprint density at radius 3 is 2.42 bits per heavy atom. The van der Waals surface area contributed by atoms with Gasteiger partial charge in [-0.2, -0.15) is 0 Å². The second-order valence-corrected chi connectivity index (χ2v) is 6.97. The Morgan fingerprint density at radius 1 is 1.12 bits per heavy atom. The average molecular weight is 385 g/mol. The molecule has 1 aromatic rings. The van der Waals surface area contributed by atoms with Crippen molar-refractivity contribution in [1.82, 2.24) is 20.9 Å². The number of urea groups is 1. The number of likely N-dealkylation sites (tertiary alicyclic amines) is 1. The molecule has 6 nitrogen and oxygen atoms in total. The summed E-state index contributed by atoms with van der Waals surface area (Å²) in [6.07, 6.45) is 3.25. The van der Waals surface area contributed by atoms with Crippen molar-refractivity contribution in [1.29, 1.82) is 0 Å². The van der Waals surface area contributed by atoms with Gasteiger partial charge < -0.3 is 20.9 Å². The third kappa shape index (κ3) is 5.32. The molecule has 0 unspecified atom stereocenters. The van der Waals surface area contributed by atoms with Crippen molar-refractivity contribution in [2.75, 3.05) is 32.7 Å². The van der Waals surface area contributed by atoms with Crippen LogP contribution in [0.4, 0.5) is 9.18 Å². The van der Waals surface area contributed by atoms with Gasteiger partial charge in [0.2, 0.25) is 5.91 Å². The molecule has 0 aromatic heterocycles. The van der Waals surface area contributed by atoms with E-state index < -0.39 is 6.03 Å². The molecule has 2 fully saturated rings. The Morgan fingerprint density at radius 2 is 1.81 bits per heavy atom. The normalized spacial score (nSPS) is 18.3. The number of carbonyl (C=O) groups is 2. The Balaban J connectivity index is 0.00000243. The molecule has 3 rings (SSSR count). The van der Waals surface area contributed by atoms with E-state index >= 15 is 0 Å². The summed E-state index contributed by atoms with van der Waals surface area (Å²) in [5, 5.41) is 8.67. The predicted octanol–water partition coefficient (Wildman–Crippen LogP) is 1.65. The lowest BCUT2D eigenvalue weighted by Crippen LogP contribution is -2.48. The largest absolute Gasteiger partial charge is 0.341 e. The standard InChI is InChI=1S/C18H25FN4O2.ClH/c19-15-3-1-14(2-4-15)11-21-17(25)22-12-16(24)23-9-6-18(7-10-23)5-8-20-13-18;/h1-4,20H,5-13H2,(H2,21,22,25);1H. The number of piperidine rings is 1. The first-order valence-electron chi connectivity index (χ1n) is 8.81. The second-order valence-electron chi connectivity index (χ2n) is 6.97. The van der Waals surface area contributed by atoms with Gasteiger partial charge >= 0.3 is 6.03 Å². The van der Waals surface area contributed by atoms with Crippen LogP contribution in [-0.2, 0) is 11.3 Å². The van der Waals surface area contributed by atoms with Crippen LogP contribution in [0.5, 0.6) is 0 Å². The van der Waals surface area contributed by atoms with Crippen LogP contribution in [0.1, 0.15) is 24.8 Å². The van der Waals surface area contributed by atoms with Gasteiger partial charge in [0.05, 0.1) is 6.54 Å². The lowest BCUT2D eigenvalue weighted by molar-refractivity contribution is -0.132. The molecule has 0 aliphatic carbocycles. The average Bonchev–Trinajstić information content (AvgIpc) is 3.08. The topological polar surface area (TPSA) is 73.5 Å². The maximum absolute atomic E-state index is 12.8. The van der Waals surface area contributed by atoms with E-state index in [9.17, 15) is 14.0 Å². The minimum Gasteiger partial charge on any atom is -0.341 e. The molecule has 26 heavy (non-hydrogen) atoms. The molecule has 0 bridgehead atoms. The van der Waals surface area contributed by atoms with E-state index in [1.165, 1.54) is 18.6 Å². The molecule has 2 saturated heterocycles. The van der Waals surface area contributed by atoms with E-state index in [0.717, 1.165) is 44.6 Å². The zero-order valence-corrected chi connectivity index (χ0v) is 15.5. The van der Waals surface area contributed by atoms with Crippen molar-refractivity contribution in [2.24, 2.45) is 5.41 Å². The van der Waals surface area contributed by atoms with Crippen molar-refractivity contribution >= 4 is 24.3 Å². The summed E-state index contributed by atoms with van der Waals surface area (Å²) in [7, 11) is 0. The van der Waals surface area contributed by atoms with Gasteiger partial charge in [0.15, 0.2) is 0 Å². The molecule has 0 saturated carbocycles. The highest BCUT2D eigenvalue weighted by atomic mass is 35.5. The molecule has 2 aliphatic rings. The summed E-state index contributed by atoms with van der Waals surface area (Å²) < 4.78 is 12.8. The summed E-state index contributed by atoms with van der Waals surface area (Å²) >= 11 is 0. The van der Waals surface area contributed by atoms with E-state index in [4.69, 9.17) is 0 Å². The van der Waals surface area contributed by atoms with Crippen LogP contribution < -0.4 is 16.0 Å². The third-order valence-corrected chi connectivity index (χ3v) is 5.28. The smallest absolute Gasteiger partial charge is 0.315 e. The highest BCUT2D eigenvalue weighted by Gasteiger charge is 2.37. The van der Waals surface area contributed by atoms with Gasteiger partial charge in [-0.15, -0.1) is 12.4 Å². The Bertz CT molecular complexity index is 610. The molecule has 2 heterocycles. The molecule has 1 spiro atoms. The summed E-state index contributed by atoms with van der Waals surface area (Å²) in [4.78, 5) is 25.9. The van der Waals surface area contributed by atoms with Gasteiger partial charge in [0, 0.05) is 26.2 Å². The summed E-state index contributed by atoms with van der Waals surface area (Å²) in [5.41, 5.74) is 1.17. The number of hydrogen-bond donors (Lipinski definition) is 3. The monoisotopic (exact) mass is 384 g/mol. The maximum Gasteiger partial charge on any atom is 0.315 e. The van der Waals surface area contributed by atoms with Crippen LogP contribution in [-0.4, -0.2) is 49.6 Å². The molecule has 0 atom stereocenters. The number of rotatable bonds is 4. The fourth-order valence-corrected chi connectivity index (χ4v) is 3.57. The zero-order chi connectivity index (χ0) is 17.7.